The van der Waals surface area contributed by atoms with Crippen molar-refractivity contribution in [3.63, 3.8) is 0 Å². The van der Waals surface area contributed by atoms with Gasteiger partial charge in [-0.25, -0.2) is 4.98 Å². The fourth-order valence-corrected chi connectivity index (χ4v) is 5.60. The summed E-state index contributed by atoms with van der Waals surface area (Å²) in [4.78, 5) is 22.5. The van der Waals surface area contributed by atoms with Gasteiger partial charge in [0.25, 0.3) is 0 Å². The number of aryl methyl sites for hydroxylation is 3. The molecule has 5 rings (SSSR count). The minimum atomic E-state index is 0.141. The highest BCUT2D eigenvalue weighted by Gasteiger charge is 2.31. The lowest BCUT2D eigenvalue weighted by Gasteiger charge is -2.37. The van der Waals surface area contributed by atoms with Gasteiger partial charge in [-0.1, -0.05) is 17.7 Å². The molecule has 192 valence electrons. The monoisotopic (exact) mass is 490 g/mol. The van der Waals surface area contributed by atoms with Crippen LogP contribution in [0.2, 0.25) is 0 Å². The Labute approximate surface area is 213 Å². The standard InChI is InChI=1S/C28H38N6O2/c1-4-33-19-29-31-26(33)17-22-8-14-34(15-9-22)28(35)23-10-12-32(13-11-23)18-25-21(3)36-27(30-25)24-7-5-6-20(2)16-24/h5-7,16,19,22-23H,4,8-15,17-18H2,1-3H3. The van der Waals surface area contributed by atoms with Gasteiger partial charge in [0.15, 0.2) is 0 Å². The zero-order valence-electron chi connectivity index (χ0n) is 21.8. The molecule has 2 aliphatic heterocycles. The minimum absolute atomic E-state index is 0.141. The van der Waals surface area contributed by atoms with Crippen molar-refractivity contribution in [2.75, 3.05) is 26.2 Å². The zero-order chi connectivity index (χ0) is 25.1. The van der Waals surface area contributed by atoms with E-state index in [9.17, 15) is 4.79 Å². The molecule has 2 saturated heterocycles. The van der Waals surface area contributed by atoms with E-state index in [4.69, 9.17) is 9.40 Å². The van der Waals surface area contributed by atoms with E-state index in [0.717, 1.165) is 94.2 Å². The number of amides is 1. The Morgan fingerprint density at radius 3 is 2.58 bits per heavy atom. The van der Waals surface area contributed by atoms with Gasteiger partial charge in [0.2, 0.25) is 11.8 Å². The summed E-state index contributed by atoms with van der Waals surface area (Å²) in [6, 6.07) is 8.26. The van der Waals surface area contributed by atoms with Gasteiger partial charge in [-0.2, -0.15) is 0 Å². The average Bonchev–Trinajstić information content (AvgIpc) is 3.50. The number of piperidine rings is 2. The molecule has 0 radical (unpaired) electrons. The van der Waals surface area contributed by atoms with Crippen molar-refractivity contribution in [2.24, 2.45) is 11.8 Å². The quantitative estimate of drug-likeness (QED) is 0.492. The molecule has 36 heavy (non-hydrogen) atoms. The summed E-state index contributed by atoms with van der Waals surface area (Å²) in [6.45, 7) is 11.4. The Morgan fingerprint density at radius 1 is 1.08 bits per heavy atom. The molecule has 4 heterocycles. The van der Waals surface area contributed by atoms with Crippen LogP contribution >= 0.6 is 0 Å². The molecule has 0 aliphatic carbocycles. The highest BCUT2D eigenvalue weighted by Crippen LogP contribution is 2.28. The molecule has 0 N–H and O–H groups in total. The highest BCUT2D eigenvalue weighted by molar-refractivity contribution is 5.79. The Bertz CT molecular complexity index is 1170. The lowest BCUT2D eigenvalue weighted by Crippen LogP contribution is -2.45. The molecule has 2 aliphatic rings. The van der Waals surface area contributed by atoms with E-state index >= 15 is 0 Å². The molecule has 1 aromatic carbocycles. The highest BCUT2D eigenvalue weighted by atomic mass is 16.4. The van der Waals surface area contributed by atoms with Crippen molar-refractivity contribution in [2.45, 2.75) is 66.0 Å². The number of oxazole rings is 1. The van der Waals surface area contributed by atoms with Crippen molar-refractivity contribution < 1.29 is 9.21 Å². The van der Waals surface area contributed by atoms with Crippen molar-refractivity contribution in [1.29, 1.82) is 0 Å². The normalized spacial score (nSPS) is 18.1. The molecule has 1 amide bonds. The maximum absolute atomic E-state index is 13.2. The first-order valence-corrected chi connectivity index (χ1v) is 13.4. The van der Waals surface area contributed by atoms with Gasteiger partial charge in [0.1, 0.15) is 17.9 Å². The molecule has 8 nitrogen and oxygen atoms in total. The van der Waals surface area contributed by atoms with E-state index in [-0.39, 0.29) is 5.92 Å². The predicted octanol–water partition coefficient (Wildman–Crippen LogP) is 4.26. The molecule has 0 spiro atoms. The molecule has 0 saturated carbocycles. The number of benzene rings is 1. The molecule has 0 atom stereocenters. The molecule has 2 fully saturated rings. The largest absolute Gasteiger partial charge is 0.441 e. The van der Waals surface area contributed by atoms with E-state index < -0.39 is 0 Å². The van der Waals surface area contributed by atoms with Crippen LogP contribution in [0.3, 0.4) is 0 Å². The number of aromatic nitrogens is 4. The zero-order valence-corrected chi connectivity index (χ0v) is 21.8. The number of carbonyl (C=O) groups excluding carboxylic acids is 1. The molecule has 3 aromatic rings. The number of carbonyl (C=O) groups is 1. The second-order valence-corrected chi connectivity index (χ2v) is 10.4. The van der Waals surface area contributed by atoms with Gasteiger partial charge >= 0.3 is 0 Å². The maximum atomic E-state index is 13.2. The molecule has 8 heteroatoms. The fourth-order valence-electron chi connectivity index (χ4n) is 5.60. The summed E-state index contributed by atoms with van der Waals surface area (Å²) in [5.41, 5.74) is 3.21. The molecule has 2 aromatic heterocycles. The van der Waals surface area contributed by atoms with E-state index in [0.29, 0.717) is 17.7 Å². The summed E-state index contributed by atoms with van der Waals surface area (Å²) in [6.07, 6.45) is 6.71. The summed E-state index contributed by atoms with van der Waals surface area (Å²) < 4.78 is 8.10. The summed E-state index contributed by atoms with van der Waals surface area (Å²) in [5, 5.41) is 8.34. The van der Waals surface area contributed by atoms with E-state index in [2.05, 4.69) is 50.5 Å². The van der Waals surface area contributed by atoms with E-state index in [1.165, 1.54) is 5.56 Å². The van der Waals surface area contributed by atoms with Crippen LogP contribution < -0.4 is 0 Å². The molecule has 0 unspecified atom stereocenters. The second kappa shape index (κ2) is 10.9. The fraction of sp³-hybridized carbons (Fsp3) is 0.571. The third kappa shape index (κ3) is 5.53. The van der Waals surface area contributed by atoms with Crippen molar-refractivity contribution in [1.82, 2.24) is 29.5 Å². The number of hydrogen-bond donors (Lipinski definition) is 0. The second-order valence-electron chi connectivity index (χ2n) is 10.4. The Kier molecular flexibility index (Phi) is 7.51. The third-order valence-corrected chi connectivity index (χ3v) is 7.90. The van der Waals surface area contributed by atoms with Crippen LogP contribution in [0.15, 0.2) is 35.0 Å². The first-order chi connectivity index (χ1) is 17.5. The van der Waals surface area contributed by atoms with Crippen LogP contribution in [0, 0.1) is 25.7 Å². The molecular formula is C28H38N6O2. The van der Waals surface area contributed by atoms with Crippen LogP contribution in [0.1, 0.15) is 55.4 Å². The van der Waals surface area contributed by atoms with E-state index in [1.807, 2.05) is 25.4 Å². The van der Waals surface area contributed by atoms with Gasteiger partial charge in [-0.15, -0.1) is 10.2 Å². The van der Waals surface area contributed by atoms with Crippen molar-refractivity contribution >= 4 is 5.91 Å². The number of likely N-dealkylation sites (tertiary alicyclic amines) is 2. The lowest BCUT2D eigenvalue weighted by atomic mass is 9.90. The smallest absolute Gasteiger partial charge is 0.226 e. The van der Waals surface area contributed by atoms with Crippen LogP contribution in [0.5, 0.6) is 0 Å². The summed E-state index contributed by atoms with van der Waals surface area (Å²) >= 11 is 0. The topological polar surface area (TPSA) is 80.3 Å². The maximum Gasteiger partial charge on any atom is 0.226 e. The van der Waals surface area contributed by atoms with Gasteiger partial charge < -0.3 is 13.9 Å². The van der Waals surface area contributed by atoms with Crippen LogP contribution in [-0.2, 0) is 24.3 Å². The van der Waals surface area contributed by atoms with Crippen LogP contribution in [-0.4, -0.2) is 61.6 Å². The van der Waals surface area contributed by atoms with Crippen LogP contribution in [0.4, 0.5) is 0 Å². The lowest BCUT2D eigenvalue weighted by molar-refractivity contribution is -0.138. The van der Waals surface area contributed by atoms with Gasteiger partial charge in [0.05, 0.1) is 5.69 Å². The number of rotatable bonds is 7. The van der Waals surface area contributed by atoms with E-state index in [1.54, 1.807) is 0 Å². The Balaban J connectivity index is 1.09. The van der Waals surface area contributed by atoms with Gasteiger partial charge in [-0.3, -0.25) is 9.69 Å². The minimum Gasteiger partial charge on any atom is -0.441 e. The first kappa shape index (κ1) is 24.7. The molecule has 0 bridgehead atoms. The van der Waals surface area contributed by atoms with Gasteiger partial charge in [0, 0.05) is 44.1 Å². The van der Waals surface area contributed by atoms with Crippen LogP contribution in [0.25, 0.3) is 11.5 Å². The Morgan fingerprint density at radius 2 is 1.86 bits per heavy atom. The van der Waals surface area contributed by atoms with Crippen molar-refractivity contribution in [3.8, 4) is 11.5 Å². The van der Waals surface area contributed by atoms with Crippen molar-refractivity contribution in [3.05, 3.63) is 53.4 Å². The summed E-state index contributed by atoms with van der Waals surface area (Å²) in [7, 11) is 0. The SMILES string of the molecule is CCn1cnnc1CC1CCN(C(=O)C2CCN(Cc3nc(-c4cccc(C)c4)oc3C)CC2)CC1. The number of hydrogen-bond acceptors (Lipinski definition) is 6. The molecular weight excluding hydrogens is 452 g/mol. The van der Waals surface area contributed by atoms with Gasteiger partial charge in [-0.05, 0) is 77.6 Å². The average molecular weight is 491 g/mol. The summed E-state index contributed by atoms with van der Waals surface area (Å²) in [5.74, 6) is 3.72. The Hall–Kier alpha value is -3.00. The first-order valence-electron chi connectivity index (χ1n) is 13.4. The number of nitrogens with zero attached hydrogens (tertiary/aromatic N) is 6. The predicted molar refractivity (Wildman–Crippen MR) is 138 cm³/mol. The third-order valence-electron chi connectivity index (χ3n) is 7.90.